The number of nitrogens with zero attached hydrogens (tertiary/aromatic N) is 1. The fourth-order valence-corrected chi connectivity index (χ4v) is 3.95. The minimum absolute atomic E-state index is 0.0482. The third kappa shape index (κ3) is 4.06. The summed E-state index contributed by atoms with van der Waals surface area (Å²) in [6.45, 7) is 2.38. The van der Waals surface area contributed by atoms with Crippen LogP contribution < -0.4 is 15.4 Å². The Morgan fingerprint density at radius 1 is 0.969 bits per heavy atom. The van der Waals surface area contributed by atoms with E-state index in [1.807, 2.05) is 13.0 Å². The van der Waals surface area contributed by atoms with E-state index in [4.69, 9.17) is 21.6 Å². The maximum Gasteiger partial charge on any atom is 0.161 e. The van der Waals surface area contributed by atoms with Crippen LogP contribution in [-0.4, -0.2) is 6.61 Å². The summed E-state index contributed by atoms with van der Waals surface area (Å²) in [7, 11) is 0. The van der Waals surface area contributed by atoms with Gasteiger partial charge in [-0.1, -0.05) is 24.6 Å². The highest BCUT2D eigenvalue weighted by molar-refractivity contribution is 6.30. The lowest BCUT2D eigenvalue weighted by Gasteiger charge is -2.33. The first kappa shape index (κ1) is 21.8. The fourth-order valence-electron chi connectivity index (χ4n) is 3.79. The van der Waals surface area contributed by atoms with E-state index in [2.05, 4.69) is 10.6 Å². The van der Waals surface area contributed by atoms with Crippen molar-refractivity contribution in [3.63, 3.8) is 0 Å². The average Bonchev–Trinajstić information content (AvgIpc) is 3.11. The molecule has 2 N–H and O–H groups in total. The van der Waals surface area contributed by atoms with Crippen LogP contribution >= 0.6 is 11.6 Å². The molecule has 4 nitrogen and oxygen atoms in total. The molecule has 0 unspecified atom stereocenters. The highest BCUT2D eigenvalue weighted by atomic mass is 35.5. The highest BCUT2D eigenvalue weighted by Gasteiger charge is 2.41. The van der Waals surface area contributed by atoms with E-state index >= 15 is 0 Å². The molecule has 0 aromatic heterocycles. The second kappa shape index (κ2) is 8.64. The Morgan fingerprint density at radius 2 is 1.66 bits per heavy atom. The molecule has 1 heterocycles. The number of benzene rings is 3. The zero-order chi connectivity index (χ0) is 22.9. The van der Waals surface area contributed by atoms with Crippen LogP contribution in [0.1, 0.15) is 30.0 Å². The number of nitrogens with one attached hydrogen (secondary N) is 2. The topological polar surface area (TPSA) is 57.1 Å². The predicted octanol–water partition coefficient (Wildman–Crippen LogP) is 6.35. The Balaban J connectivity index is 1.85. The average molecular weight is 458 g/mol. The molecule has 0 saturated carbocycles. The van der Waals surface area contributed by atoms with E-state index in [1.54, 1.807) is 18.2 Å². The molecule has 1 aliphatic heterocycles. The lowest BCUT2D eigenvalue weighted by atomic mass is 9.90. The SMILES string of the molecule is CCCOc1cc(Cl)ccc1C1(Cc2ccc(C#N)cc2F)Nc2cc(F)c(F)cc2N1. The monoisotopic (exact) mass is 457 g/mol. The van der Waals surface area contributed by atoms with Crippen molar-refractivity contribution in [1.82, 2.24) is 0 Å². The minimum atomic E-state index is -1.19. The molecule has 8 heteroatoms. The molecule has 32 heavy (non-hydrogen) atoms. The van der Waals surface area contributed by atoms with Gasteiger partial charge in [-0.2, -0.15) is 5.26 Å². The number of fused-ring (bicyclic) bond motifs is 1. The van der Waals surface area contributed by atoms with Gasteiger partial charge in [-0.05, 0) is 42.3 Å². The second-order valence-electron chi connectivity index (χ2n) is 7.55. The lowest BCUT2D eigenvalue weighted by Crippen LogP contribution is -2.41. The molecule has 0 aliphatic carbocycles. The molecular formula is C24H19ClF3N3O. The molecule has 0 spiro atoms. The maximum atomic E-state index is 14.8. The van der Waals surface area contributed by atoms with E-state index in [0.717, 1.165) is 24.6 Å². The van der Waals surface area contributed by atoms with E-state index in [9.17, 15) is 13.2 Å². The van der Waals surface area contributed by atoms with Gasteiger partial charge in [-0.25, -0.2) is 13.2 Å². The number of hydrogen-bond donors (Lipinski definition) is 2. The first-order valence-electron chi connectivity index (χ1n) is 10.0. The molecule has 164 valence electrons. The van der Waals surface area contributed by atoms with Crippen molar-refractivity contribution < 1.29 is 17.9 Å². The summed E-state index contributed by atoms with van der Waals surface area (Å²) in [6, 6.07) is 13.2. The summed E-state index contributed by atoms with van der Waals surface area (Å²) in [5.74, 6) is -2.11. The molecule has 0 bridgehead atoms. The van der Waals surface area contributed by atoms with Gasteiger partial charge in [0.15, 0.2) is 11.6 Å². The van der Waals surface area contributed by atoms with E-state index < -0.39 is 23.1 Å². The molecule has 0 radical (unpaired) electrons. The van der Waals surface area contributed by atoms with Crippen LogP contribution in [0, 0.1) is 28.8 Å². The van der Waals surface area contributed by atoms with Crippen LogP contribution in [0.4, 0.5) is 24.5 Å². The van der Waals surface area contributed by atoms with Crippen molar-refractivity contribution in [2.45, 2.75) is 25.4 Å². The number of halogens is 4. The van der Waals surface area contributed by atoms with Gasteiger partial charge in [0, 0.05) is 29.1 Å². The lowest BCUT2D eigenvalue weighted by molar-refractivity contribution is 0.308. The van der Waals surface area contributed by atoms with Crippen molar-refractivity contribution in [3.8, 4) is 11.8 Å². The van der Waals surface area contributed by atoms with E-state index in [0.29, 0.717) is 39.9 Å². The Hall–Kier alpha value is -3.37. The summed E-state index contributed by atoms with van der Waals surface area (Å²) in [5.41, 5.74) is 0.554. The van der Waals surface area contributed by atoms with Crippen LogP contribution in [0.3, 0.4) is 0 Å². The molecule has 3 aromatic carbocycles. The van der Waals surface area contributed by atoms with Gasteiger partial charge in [0.05, 0.1) is 29.6 Å². The van der Waals surface area contributed by atoms with E-state index in [-0.39, 0.29) is 12.0 Å². The number of ether oxygens (including phenoxy) is 1. The number of nitriles is 1. The van der Waals surface area contributed by atoms with Gasteiger partial charge in [-0.3, -0.25) is 0 Å². The maximum absolute atomic E-state index is 14.8. The quantitative estimate of drug-likeness (QED) is 0.452. The summed E-state index contributed by atoms with van der Waals surface area (Å²) in [5, 5.41) is 15.9. The molecule has 1 aliphatic rings. The van der Waals surface area contributed by atoms with Crippen molar-refractivity contribution in [2.24, 2.45) is 0 Å². The first-order chi connectivity index (χ1) is 15.3. The molecule has 3 aromatic rings. The number of rotatable bonds is 6. The minimum Gasteiger partial charge on any atom is -0.493 e. The van der Waals surface area contributed by atoms with Crippen molar-refractivity contribution in [2.75, 3.05) is 17.2 Å². The van der Waals surface area contributed by atoms with Gasteiger partial charge in [-0.15, -0.1) is 0 Å². The Morgan fingerprint density at radius 3 is 2.25 bits per heavy atom. The predicted molar refractivity (Wildman–Crippen MR) is 117 cm³/mol. The van der Waals surface area contributed by atoms with Gasteiger partial charge < -0.3 is 15.4 Å². The van der Waals surface area contributed by atoms with Gasteiger partial charge in [0.2, 0.25) is 0 Å². The number of hydrogen-bond acceptors (Lipinski definition) is 4. The van der Waals surface area contributed by atoms with Crippen molar-refractivity contribution >= 4 is 23.0 Å². The summed E-state index contributed by atoms with van der Waals surface area (Å²) < 4.78 is 48.6. The summed E-state index contributed by atoms with van der Waals surface area (Å²) in [6.07, 6.45) is 0.799. The zero-order valence-corrected chi connectivity index (χ0v) is 17.9. The summed E-state index contributed by atoms with van der Waals surface area (Å²) >= 11 is 6.19. The summed E-state index contributed by atoms with van der Waals surface area (Å²) in [4.78, 5) is 0. The Labute approximate surface area is 188 Å². The molecule has 0 fully saturated rings. The third-order valence-corrected chi connectivity index (χ3v) is 5.49. The van der Waals surface area contributed by atoms with Crippen LogP contribution in [-0.2, 0) is 12.1 Å². The zero-order valence-electron chi connectivity index (χ0n) is 17.1. The van der Waals surface area contributed by atoms with Crippen LogP contribution in [0.2, 0.25) is 5.02 Å². The van der Waals surface area contributed by atoms with Gasteiger partial charge >= 0.3 is 0 Å². The first-order valence-corrected chi connectivity index (χ1v) is 10.4. The standard InChI is InChI=1S/C24H19ClF3N3O/c1-2-7-32-23-9-16(25)5-6-17(23)24(12-15-4-3-14(13-29)8-18(15)26)30-21-10-19(27)20(28)11-22(21)31-24/h3-6,8-11,30-31H,2,7,12H2,1H3. The molecule has 0 amide bonds. The molecule has 4 rings (SSSR count). The highest BCUT2D eigenvalue weighted by Crippen LogP contribution is 2.45. The molecule has 0 atom stereocenters. The molecular weight excluding hydrogens is 439 g/mol. The number of anilines is 2. The molecule has 0 saturated heterocycles. The largest absolute Gasteiger partial charge is 0.493 e. The Bertz CT molecular complexity index is 1190. The normalized spacial score (nSPS) is 13.6. The Kier molecular flexibility index (Phi) is 5.90. The van der Waals surface area contributed by atoms with Crippen LogP contribution in [0.25, 0.3) is 0 Å². The second-order valence-corrected chi connectivity index (χ2v) is 7.99. The van der Waals surface area contributed by atoms with Crippen LogP contribution in [0.15, 0.2) is 48.5 Å². The van der Waals surface area contributed by atoms with Crippen molar-refractivity contribution in [3.05, 3.63) is 87.7 Å². The van der Waals surface area contributed by atoms with Gasteiger partial charge in [0.25, 0.3) is 0 Å². The smallest absolute Gasteiger partial charge is 0.161 e. The van der Waals surface area contributed by atoms with E-state index in [1.165, 1.54) is 12.1 Å². The van der Waals surface area contributed by atoms with Crippen LogP contribution in [0.5, 0.6) is 5.75 Å². The fraction of sp³-hybridized carbons (Fsp3) is 0.208. The third-order valence-electron chi connectivity index (χ3n) is 5.26. The van der Waals surface area contributed by atoms with Crippen molar-refractivity contribution in [1.29, 1.82) is 5.26 Å². The van der Waals surface area contributed by atoms with Gasteiger partial charge in [0.1, 0.15) is 17.2 Å².